The van der Waals surface area contributed by atoms with Crippen LogP contribution < -0.4 is 11.1 Å². The number of nitrogens with zero attached hydrogens (tertiary/aromatic N) is 1. The molecule has 0 aromatic heterocycles. The highest BCUT2D eigenvalue weighted by molar-refractivity contribution is 6.34. The number of nitrogens with two attached hydrogens (primary N) is 1. The van der Waals surface area contributed by atoms with E-state index in [0.29, 0.717) is 22.8 Å². The van der Waals surface area contributed by atoms with Gasteiger partial charge in [-0.3, -0.25) is 4.79 Å². The molecule has 118 valence electrons. The first-order valence-electron chi connectivity index (χ1n) is 7.64. The molecule has 0 aliphatic rings. The first kappa shape index (κ1) is 17.8. The average Bonchev–Trinajstić information content (AvgIpc) is 2.42. The number of anilines is 2. The number of hydrogen-bond acceptors (Lipinski definition) is 3. The third-order valence-electron chi connectivity index (χ3n) is 3.23. The van der Waals surface area contributed by atoms with Crippen molar-refractivity contribution in [1.82, 2.24) is 4.90 Å². The Hall–Kier alpha value is -1.26. The van der Waals surface area contributed by atoms with Gasteiger partial charge in [-0.15, -0.1) is 0 Å². The number of nitrogen functional groups attached to an aromatic ring is 1. The molecule has 21 heavy (non-hydrogen) atoms. The molecule has 0 heterocycles. The van der Waals surface area contributed by atoms with Crippen LogP contribution in [0.1, 0.15) is 39.5 Å². The summed E-state index contributed by atoms with van der Waals surface area (Å²) in [6, 6.07) is 5.10. The fourth-order valence-electron chi connectivity index (χ4n) is 2.28. The zero-order chi connectivity index (χ0) is 15.7. The second-order valence-corrected chi connectivity index (χ2v) is 5.64. The second-order valence-electron chi connectivity index (χ2n) is 5.23. The number of carbonyl (C=O) groups is 1. The van der Waals surface area contributed by atoms with Gasteiger partial charge in [0.1, 0.15) is 0 Å². The van der Waals surface area contributed by atoms with Gasteiger partial charge in [-0.05, 0) is 57.1 Å². The van der Waals surface area contributed by atoms with E-state index in [2.05, 4.69) is 24.1 Å². The molecule has 4 nitrogen and oxygen atoms in total. The summed E-state index contributed by atoms with van der Waals surface area (Å²) in [4.78, 5) is 14.3. The van der Waals surface area contributed by atoms with Gasteiger partial charge in [-0.25, -0.2) is 0 Å². The molecular weight excluding hydrogens is 286 g/mol. The number of benzene rings is 1. The Labute approximate surface area is 132 Å². The fraction of sp³-hybridized carbons (Fsp3) is 0.562. The molecule has 0 fully saturated rings. The zero-order valence-electron chi connectivity index (χ0n) is 13.0. The third kappa shape index (κ3) is 6.82. The van der Waals surface area contributed by atoms with E-state index in [1.807, 2.05) is 0 Å². The van der Waals surface area contributed by atoms with E-state index in [9.17, 15) is 4.79 Å². The molecule has 0 radical (unpaired) electrons. The Morgan fingerprint density at radius 1 is 1.24 bits per heavy atom. The summed E-state index contributed by atoms with van der Waals surface area (Å²) in [6.07, 6.45) is 3.66. The average molecular weight is 312 g/mol. The van der Waals surface area contributed by atoms with Crippen LogP contribution in [0.25, 0.3) is 0 Å². The summed E-state index contributed by atoms with van der Waals surface area (Å²) >= 11 is 6.04. The van der Waals surface area contributed by atoms with E-state index in [1.54, 1.807) is 18.2 Å². The molecular formula is C16H26ClN3O. The van der Waals surface area contributed by atoms with Crippen LogP contribution in [-0.4, -0.2) is 30.4 Å². The van der Waals surface area contributed by atoms with Gasteiger partial charge >= 0.3 is 0 Å². The van der Waals surface area contributed by atoms with E-state index in [0.717, 1.165) is 38.9 Å². The molecule has 0 aliphatic heterocycles. The first-order valence-corrected chi connectivity index (χ1v) is 8.01. The number of hydrogen-bond donors (Lipinski definition) is 2. The SMILES string of the molecule is CCCN(CCC)CCCC(=O)Nc1ccc(N)cc1Cl. The Bertz CT molecular complexity index is 445. The van der Waals surface area contributed by atoms with E-state index in [-0.39, 0.29) is 5.91 Å². The molecule has 1 aromatic carbocycles. The Kier molecular flexibility index (Phi) is 8.16. The maximum absolute atomic E-state index is 11.9. The summed E-state index contributed by atoms with van der Waals surface area (Å²) in [5.41, 5.74) is 6.84. The molecule has 1 amide bonds. The fourth-order valence-corrected chi connectivity index (χ4v) is 2.51. The van der Waals surface area contributed by atoms with Crippen molar-refractivity contribution in [1.29, 1.82) is 0 Å². The molecule has 1 rings (SSSR count). The monoisotopic (exact) mass is 311 g/mol. The van der Waals surface area contributed by atoms with Crippen LogP contribution in [0.15, 0.2) is 18.2 Å². The zero-order valence-corrected chi connectivity index (χ0v) is 13.7. The lowest BCUT2D eigenvalue weighted by Gasteiger charge is -2.20. The van der Waals surface area contributed by atoms with Crippen LogP contribution in [0.2, 0.25) is 5.02 Å². The molecule has 0 unspecified atom stereocenters. The summed E-state index contributed by atoms with van der Waals surface area (Å²) in [5, 5.41) is 3.30. The quantitative estimate of drug-likeness (QED) is 0.683. The Morgan fingerprint density at radius 2 is 1.90 bits per heavy atom. The lowest BCUT2D eigenvalue weighted by atomic mass is 10.2. The largest absolute Gasteiger partial charge is 0.399 e. The van der Waals surface area contributed by atoms with Crippen LogP contribution >= 0.6 is 11.6 Å². The molecule has 3 N–H and O–H groups in total. The van der Waals surface area contributed by atoms with E-state index in [1.165, 1.54) is 0 Å². The summed E-state index contributed by atoms with van der Waals surface area (Å²) in [7, 11) is 0. The number of carbonyl (C=O) groups excluding carboxylic acids is 1. The van der Waals surface area contributed by atoms with E-state index < -0.39 is 0 Å². The molecule has 0 saturated carbocycles. The van der Waals surface area contributed by atoms with Crippen LogP contribution in [-0.2, 0) is 4.79 Å². The molecule has 0 spiro atoms. The summed E-state index contributed by atoms with van der Waals surface area (Å²) < 4.78 is 0. The topological polar surface area (TPSA) is 58.4 Å². The molecule has 5 heteroatoms. The van der Waals surface area contributed by atoms with Crippen LogP contribution in [0.4, 0.5) is 11.4 Å². The standard InChI is InChI=1S/C16H26ClN3O/c1-3-9-20(10-4-2)11-5-6-16(21)19-15-8-7-13(18)12-14(15)17/h7-8,12H,3-6,9-11,18H2,1-2H3,(H,19,21). The van der Waals surface area contributed by atoms with Crippen molar-refractivity contribution in [2.75, 3.05) is 30.7 Å². The van der Waals surface area contributed by atoms with E-state index >= 15 is 0 Å². The van der Waals surface area contributed by atoms with Gasteiger partial charge in [0.2, 0.25) is 5.91 Å². The summed E-state index contributed by atoms with van der Waals surface area (Å²) in [5.74, 6) is -0.00498. The van der Waals surface area contributed by atoms with Gasteiger partial charge in [0.15, 0.2) is 0 Å². The Balaban J connectivity index is 2.36. The normalized spacial score (nSPS) is 10.9. The number of nitrogens with one attached hydrogen (secondary N) is 1. The maximum Gasteiger partial charge on any atom is 0.224 e. The molecule has 0 aliphatic carbocycles. The number of rotatable bonds is 9. The van der Waals surface area contributed by atoms with Crippen LogP contribution in [0.3, 0.4) is 0 Å². The minimum Gasteiger partial charge on any atom is -0.399 e. The van der Waals surface area contributed by atoms with Crippen molar-refractivity contribution in [2.24, 2.45) is 0 Å². The summed E-state index contributed by atoms with van der Waals surface area (Å²) in [6.45, 7) is 7.51. The van der Waals surface area contributed by atoms with E-state index in [4.69, 9.17) is 17.3 Å². The van der Waals surface area contributed by atoms with Crippen molar-refractivity contribution < 1.29 is 4.79 Å². The van der Waals surface area contributed by atoms with Crippen molar-refractivity contribution in [2.45, 2.75) is 39.5 Å². The van der Waals surface area contributed by atoms with Gasteiger partial charge < -0.3 is 16.0 Å². The van der Waals surface area contributed by atoms with Gasteiger partial charge in [0.25, 0.3) is 0 Å². The highest BCUT2D eigenvalue weighted by Gasteiger charge is 2.08. The number of amides is 1. The molecule has 0 bridgehead atoms. The van der Waals surface area contributed by atoms with Crippen LogP contribution in [0, 0.1) is 0 Å². The van der Waals surface area contributed by atoms with Gasteiger partial charge in [-0.1, -0.05) is 25.4 Å². The first-order chi connectivity index (χ1) is 10.1. The van der Waals surface area contributed by atoms with Gasteiger partial charge in [0.05, 0.1) is 10.7 Å². The minimum absolute atomic E-state index is 0.00498. The third-order valence-corrected chi connectivity index (χ3v) is 3.54. The second kappa shape index (κ2) is 9.64. The smallest absolute Gasteiger partial charge is 0.224 e. The lowest BCUT2D eigenvalue weighted by molar-refractivity contribution is -0.116. The van der Waals surface area contributed by atoms with Crippen molar-refractivity contribution in [3.05, 3.63) is 23.2 Å². The molecule has 0 saturated heterocycles. The maximum atomic E-state index is 11.9. The van der Waals surface area contributed by atoms with Crippen LogP contribution in [0.5, 0.6) is 0 Å². The predicted molar refractivity (Wildman–Crippen MR) is 90.8 cm³/mol. The Morgan fingerprint density at radius 3 is 2.48 bits per heavy atom. The highest BCUT2D eigenvalue weighted by Crippen LogP contribution is 2.24. The van der Waals surface area contributed by atoms with Gasteiger partial charge in [0, 0.05) is 12.1 Å². The van der Waals surface area contributed by atoms with Crippen molar-refractivity contribution in [3.8, 4) is 0 Å². The van der Waals surface area contributed by atoms with Gasteiger partial charge in [-0.2, -0.15) is 0 Å². The number of halogens is 1. The van der Waals surface area contributed by atoms with Crippen molar-refractivity contribution in [3.63, 3.8) is 0 Å². The molecule has 0 atom stereocenters. The van der Waals surface area contributed by atoms with Crippen molar-refractivity contribution >= 4 is 28.9 Å². The minimum atomic E-state index is -0.00498. The highest BCUT2D eigenvalue weighted by atomic mass is 35.5. The lowest BCUT2D eigenvalue weighted by Crippen LogP contribution is -2.27. The predicted octanol–water partition coefficient (Wildman–Crippen LogP) is 3.76. The molecule has 1 aromatic rings.